The Labute approximate surface area is 122 Å². The lowest BCUT2D eigenvalue weighted by atomic mass is 9.68. The highest BCUT2D eigenvalue weighted by atomic mass is 79.9. The van der Waals surface area contributed by atoms with E-state index in [1.54, 1.807) is 6.07 Å². The molecule has 2 bridgehead atoms. The molecule has 0 saturated heterocycles. The minimum Gasteiger partial charge on any atom is -0.457 e. The van der Waals surface area contributed by atoms with Gasteiger partial charge >= 0.3 is 0 Å². The van der Waals surface area contributed by atoms with Gasteiger partial charge in [-0.25, -0.2) is 0 Å². The van der Waals surface area contributed by atoms with Crippen LogP contribution in [0.4, 0.5) is 0 Å². The molecule has 1 N–H and O–H groups in total. The van der Waals surface area contributed by atoms with Gasteiger partial charge in [0.2, 0.25) is 0 Å². The largest absolute Gasteiger partial charge is 0.457 e. The SMILES string of the molecule is CC12CCC(C1)C(C)(C)C2NC(=O)c1ccoc1Br. The first-order valence-electron chi connectivity index (χ1n) is 6.88. The molecule has 1 aromatic rings. The van der Waals surface area contributed by atoms with Crippen LogP contribution in [0.25, 0.3) is 0 Å². The van der Waals surface area contributed by atoms with Crippen molar-refractivity contribution in [3.63, 3.8) is 0 Å². The molecule has 2 fully saturated rings. The van der Waals surface area contributed by atoms with E-state index >= 15 is 0 Å². The summed E-state index contributed by atoms with van der Waals surface area (Å²) in [6.45, 7) is 6.89. The van der Waals surface area contributed by atoms with Gasteiger partial charge in [-0.2, -0.15) is 0 Å². The summed E-state index contributed by atoms with van der Waals surface area (Å²) in [5, 5.41) is 3.26. The van der Waals surface area contributed by atoms with Crippen LogP contribution in [0.15, 0.2) is 21.4 Å². The van der Waals surface area contributed by atoms with Crippen LogP contribution in [-0.4, -0.2) is 11.9 Å². The van der Waals surface area contributed by atoms with Crippen LogP contribution in [0.1, 0.15) is 50.4 Å². The molecule has 0 radical (unpaired) electrons. The Morgan fingerprint density at radius 3 is 2.74 bits per heavy atom. The lowest BCUT2D eigenvalue weighted by Crippen LogP contribution is -2.52. The van der Waals surface area contributed by atoms with Crippen molar-refractivity contribution in [1.82, 2.24) is 5.32 Å². The number of nitrogens with one attached hydrogen (secondary N) is 1. The van der Waals surface area contributed by atoms with Crippen LogP contribution >= 0.6 is 15.9 Å². The first kappa shape index (κ1) is 13.2. The summed E-state index contributed by atoms with van der Waals surface area (Å²) < 4.78 is 5.66. The molecule has 2 saturated carbocycles. The smallest absolute Gasteiger partial charge is 0.256 e. The van der Waals surface area contributed by atoms with Gasteiger partial charge in [0.15, 0.2) is 4.67 Å². The van der Waals surface area contributed by atoms with Gasteiger partial charge in [0.05, 0.1) is 11.8 Å². The van der Waals surface area contributed by atoms with Gasteiger partial charge in [0.25, 0.3) is 5.91 Å². The number of carbonyl (C=O) groups excluding carboxylic acids is 1. The summed E-state index contributed by atoms with van der Waals surface area (Å²) in [4.78, 5) is 12.4. The Balaban J connectivity index is 1.84. The van der Waals surface area contributed by atoms with Crippen molar-refractivity contribution in [2.24, 2.45) is 16.7 Å². The molecular formula is C15H20BrNO2. The Morgan fingerprint density at radius 1 is 1.47 bits per heavy atom. The fourth-order valence-corrected chi connectivity index (χ4v) is 4.75. The summed E-state index contributed by atoms with van der Waals surface area (Å²) in [6.07, 6.45) is 5.29. The van der Waals surface area contributed by atoms with Crippen LogP contribution in [0.3, 0.4) is 0 Å². The van der Waals surface area contributed by atoms with Crippen LogP contribution in [0.5, 0.6) is 0 Å². The summed E-state index contributed by atoms with van der Waals surface area (Å²) >= 11 is 3.27. The predicted molar refractivity (Wildman–Crippen MR) is 76.9 cm³/mol. The van der Waals surface area contributed by atoms with Crippen molar-refractivity contribution in [2.45, 2.75) is 46.1 Å². The number of halogens is 1. The number of hydrogen-bond acceptors (Lipinski definition) is 2. The molecule has 1 aromatic heterocycles. The van der Waals surface area contributed by atoms with Crippen LogP contribution in [-0.2, 0) is 0 Å². The average molecular weight is 326 g/mol. The Bertz CT molecular complexity index is 517. The fourth-order valence-electron chi connectivity index (χ4n) is 4.33. The second-order valence-corrected chi connectivity index (χ2v) is 7.65. The molecule has 0 aromatic carbocycles. The van der Waals surface area contributed by atoms with Crippen molar-refractivity contribution >= 4 is 21.8 Å². The molecule has 19 heavy (non-hydrogen) atoms. The van der Waals surface area contributed by atoms with Gasteiger partial charge in [-0.1, -0.05) is 20.8 Å². The lowest BCUT2D eigenvalue weighted by molar-refractivity contribution is 0.0736. The van der Waals surface area contributed by atoms with Crippen molar-refractivity contribution in [2.75, 3.05) is 0 Å². The number of fused-ring (bicyclic) bond motifs is 2. The molecule has 0 spiro atoms. The molecule has 2 aliphatic rings. The van der Waals surface area contributed by atoms with Gasteiger partial charge in [-0.15, -0.1) is 0 Å². The van der Waals surface area contributed by atoms with Gasteiger partial charge in [0, 0.05) is 6.04 Å². The van der Waals surface area contributed by atoms with E-state index in [1.165, 1.54) is 25.5 Å². The van der Waals surface area contributed by atoms with E-state index in [0.29, 0.717) is 10.2 Å². The van der Waals surface area contributed by atoms with Gasteiger partial charge in [0.1, 0.15) is 0 Å². The summed E-state index contributed by atoms with van der Waals surface area (Å²) in [6, 6.07) is 1.95. The van der Waals surface area contributed by atoms with E-state index < -0.39 is 0 Å². The summed E-state index contributed by atoms with van der Waals surface area (Å²) in [7, 11) is 0. The lowest BCUT2D eigenvalue weighted by Gasteiger charge is -2.43. The molecule has 3 nitrogen and oxygen atoms in total. The molecule has 1 heterocycles. The predicted octanol–water partition coefficient (Wildman–Crippen LogP) is 3.99. The third-order valence-corrected chi connectivity index (χ3v) is 6.02. The summed E-state index contributed by atoms with van der Waals surface area (Å²) in [5.74, 6) is 0.697. The van der Waals surface area contributed by atoms with E-state index in [4.69, 9.17) is 4.42 Å². The number of carbonyl (C=O) groups is 1. The first-order valence-corrected chi connectivity index (χ1v) is 7.68. The molecule has 3 atom stereocenters. The normalized spacial score (nSPS) is 35.6. The first-order chi connectivity index (χ1) is 8.84. The number of rotatable bonds is 2. The fraction of sp³-hybridized carbons (Fsp3) is 0.667. The zero-order valence-corrected chi connectivity index (χ0v) is 13.2. The highest BCUT2D eigenvalue weighted by Gasteiger charge is 2.59. The zero-order chi connectivity index (χ0) is 13.8. The van der Waals surface area contributed by atoms with Crippen molar-refractivity contribution in [3.8, 4) is 0 Å². The number of furan rings is 1. The monoisotopic (exact) mass is 325 g/mol. The topological polar surface area (TPSA) is 42.2 Å². The summed E-state index contributed by atoms with van der Waals surface area (Å²) in [5.41, 5.74) is 1.01. The molecule has 0 aliphatic heterocycles. The highest BCUT2D eigenvalue weighted by molar-refractivity contribution is 9.10. The average Bonchev–Trinajstić information content (AvgIpc) is 2.95. The Kier molecular flexibility index (Phi) is 2.86. The highest BCUT2D eigenvalue weighted by Crippen LogP contribution is 2.62. The maximum absolute atomic E-state index is 12.4. The zero-order valence-electron chi connectivity index (χ0n) is 11.6. The van der Waals surface area contributed by atoms with Gasteiger partial charge in [-0.05, 0) is 58.0 Å². The van der Waals surface area contributed by atoms with E-state index in [2.05, 4.69) is 42.0 Å². The second-order valence-electron chi connectivity index (χ2n) is 6.93. The molecule has 4 heteroatoms. The molecule has 3 rings (SSSR count). The van der Waals surface area contributed by atoms with Crippen LogP contribution < -0.4 is 5.32 Å². The van der Waals surface area contributed by atoms with Crippen LogP contribution in [0, 0.1) is 16.7 Å². The maximum atomic E-state index is 12.4. The van der Waals surface area contributed by atoms with Crippen LogP contribution in [0.2, 0.25) is 0 Å². The molecule has 2 aliphatic carbocycles. The third-order valence-electron chi connectivity index (χ3n) is 5.41. The van der Waals surface area contributed by atoms with Gasteiger partial charge in [-0.3, -0.25) is 4.79 Å². The van der Waals surface area contributed by atoms with Crippen molar-refractivity contribution < 1.29 is 9.21 Å². The molecule has 1 amide bonds. The van der Waals surface area contributed by atoms with E-state index in [1.807, 2.05) is 0 Å². The molecule has 104 valence electrons. The maximum Gasteiger partial charge on any atom is 0.256 e. The van der Waals surface area contributed by atoms with E-state index in [0.717, 1.165) is 5.92 Å². The van der Waals surface area contributed by atoms with E-state index in [-0.39, 0.29) is 22.8 Å². The minimum atomic E-state index is -0.0347. The standard InChI is InChI=1S/C15H20BrNO2/c1-14(2)9-4-6-15(3,8-9)13(14)17-12(18)10-5-7-19-11(10)16/h5,7,9,13H,4,6,8H2,1-3H3,(H,17,18). The second kappa shape index (κ2) is 4.11. The van der Waals surface area contributed by atoms with Crippen molar-refractivity contribution in [1.29, 1.82) is 0 Å². The number of amides is 1. The quantitative estimate of drug-likeness (QED) is 0.893. The Morgan fingerprint density at radius 2 is 2.21 bits per heavy atom. The molecular weight excluding hydrogens is 306 g/mol. The van der Waals surface area contributed by atoms with Crippen molar-refractivity contribution in [3.05, 3.63) is 22.6 Å². The third kappa shape index (κ3) is 1.87. The molecule has 3 unspecified atom stereocenters. The van der Waals surface area contributed by atoms with Gasteiger partial charge < -0.3 is 9.73 Å². The minimum absolute atomic E-state index is 0.0347. The Hall–Kier alpha value is -0.770. The van der Waals surface area contributed by atoms with E-state index in [9.17, 15) is 4.79 Å². The number of hydrogen-bond donors (Lipinski definition) is 1.